The fourth-order valence-electron chi connectivity index (χ4n) is 3.24. The molecule has 0 saturated heterocycles. The minimum absolute atomic E-state index is 0.301. The molecule has 0 unspecified atom stereocenters. The average Bonchev–Trinajstić information content (AvgIpc) is 3.39. The number of nitrogens with zero attached hydrogens (tertiary/aromatic N) is 2. The molecule has 0 aliphatic carbocycles. The SMILES string of the molecule is COc1ccc(-c2cc(C(=O)N/N=C\c3ccc(OC)c(COc4ccccc4)c3)[nH]n2)cc1. The van der Waals surface area contributed by atoms with E-state index in [1.807, 2.05) is 72.8 Å². The van der Waals surface area contributed by atoms with Gasteiger partial charge in [0.05, 0.1) is 26.1 Å². The maximum Gasteiger partial charge on any atom is 0.289 e. The highest BCUT2D eigenvalue weighted by molar-refractivity contribution is 5.94. The number of carbonyl (C=O) groups is 1. The van der Waals surface area contributed by atoms with E-state index in [1.54, 1.807) is 26.5 Å². The maximum absolute atomic E-state index is 12.5. The smallest absolute Gasteiger partial charge is 0.289 e. The molecule has 0 bridgehead atoms. The Morgan fingerprint density at radius 3 is 2.50 bits per heavy atom. The van der Waals surface area contributed by atoms with Gasteiger partial charge in [-0.3, -0.25) is 9.89 Å². The number of amides is 1. The van der Waals surface area contributed by atoms with Crippen molar-refractivity contribution in [1.82, 2.24) is 15.6 Å². The molecule has 4 aromatic rings. The zero-order valence-electron chi connectivity index (χ0n) is 18.8. The Bertz CT molecular complexity index is 1270. The number of aromatic nitrogens is 2. The van der Waals surface area contributed by atoms with Crippen LogP contribution >= 0.6 is 0 Å². The molecule has 0 aliphatic heterocycles. The second kappa shape index (κ2) is 10.8. The van der Waals surface area contributed by atoms with Crippen molar-refractivity contribution >= 4 is 12.1 Å². The number of H-pyrrole nitrogens is 1. The van der Waals surface area contributed by atoms with Crippen LogP contribution in [0.3, 0.4) is 0 Å². The molecule has 172 valence electrons. The first kappa shape index (κ1) is 22.6. The number of aromatic amines is 1. The summed E-state index contributed by atoms with van der Waals surface area (Å²) in [5.74, 6) is 1.83. The number of rotatable bonds is 9. The van der Waals surface area contributed by atoms with E-state index in [0.29, 0.717) is 23.7 Å². The highest BCUT2D eigenvalue weighted by atomic mass is 16.5. The molecule has 8 heteroatoms. The first-order chi connectivity index (χ1) is 16.7. The lowest BCUT2D eigenvalue weighted by molar-refractivity contribution is 0.0950. The minimum Gasteiger partial charge on any atom is -0.497 e. The van der Waals surface area contributed by atoms with Crippen LogP contribution in [0.25, 0.3) is 11.3 Å². The van der Waals surface area contributed by atoms with Gasteiger partial charge in [0.1, 0.15) is 29.5 Å². The maximum atomic E-state index is 12.5. The average molecular weight is 457 g/mol. The van der Waals surface area contributed by atoms with Gasteiger partial charge in [0.25, 0.3) is 5.91 Å². The molecule has 2 N–H and O–H groups in total. The number of carbonyl (C=O) groups excluding carboxylic acids is 1. The Balaban J connectivity index is 1.38. The Kier molecular flexibility index (Phi) is 7.19. The van der Waals surface area contributed by atoms with Crippen LogP contribution in [0.4, 0.5) is 0 Å². The highest BCUT2D eigenvalue weighted by Gasteiger charge is 2.11. The Hall–Kier alpha value is -4.59. The van der Waals surface area contributed by atoms with Crippen LogP contribution in [-0.4, -0.2) is 36.5 Å². The van der Waals surface area contributed by atoms with Crippen LogP contribution in [0.1, 0.15) is 21.6 Å². The van der Waals surface area contributed by atoms with Crippen LogP contribution in [-0.2, 0) is 6.61 Å². The zero-order valence-corrected chi connectivity index (χ0v) is 18.8. The van der Waals surface area contributed by atoms with Crippen molar-refractivity contribution < 1.29 is 19.0 Å². The van der Waals surface area contributed by atoms with Crippen molar-refractivity contribution in [3.63, 3.8) is 0 Å². The molecule has 0 fully saturated rings. The topological polar surface area (TPSA) is 97.8 Å². The van der Waals surface area contributed by atoms with Crippen LogP contribution < -0.4 is 19.6 Å². The van der Waals surface area contributed by atoms with Crippen LogP contribution in [0.15, 0.2) is 84.0 Å². The van der Waals surface area contributed by atoms with Gasteiger partial charge >= 0.3 is 0 Å². The number of hydrogen-bond acceptors (Lipinski definition) is 6. The molecular weight excluding hydrogens is 432 g/mol. The lowest BCUT2D eigenvalue weighted by Gasteiger charge is -2.11. The van der Waals surface area contributed by atoms with E-state index >= 15 is 0 Å². The van der Waals surface area contributed by atoms with Crippen molar-refractivity contribution in [2.24, 2.45) is 5.10 Å². The first-order valence-corrected chi connectivity index (χ1v) is 10.5. The normalized spacial score (nSPS) is 10.8. The summed E-state index contributed by atoms with van der Waals surface area (Å²) in [7, 11) is 3.22. The van der Waals surface area contributed by atoms with Crippen molar-refractivity contribution in [2.45, 2.75) is 6.61 Å². The van der Waals surface area contributed by atoms with Crippen LogP contribution in [0, 0.1) is 0 Å². The van der Waals surface area contributed by atoms with E-state index in [4.69, 9.17) is 14.2 Å². The van der Waals surface area contributed by atoms with E-state index < -0.39 is 5.91 Å². The second-order valence-electron chi connectivity index (χ2n) is 7.27. The van der Waals surface area contributed by atoms with Gasteiger partial charge < -0.3 is 14.2 Å². The standard InChI is InChI=1S/C26H24N4O4/c1-32-21-11-9-19(10-12-21)23-15-24(29-28-23)26(31)30-27-16-18-8-13-25(33-2)20(14-18)17-34-22-6-4-3-5-7-22/h3-16H,17H2,1-2H3,(H,28,29)(H,30,31)/b27-16-. The third-order valence-electron chi connectivity index (χ3n) is 5.03. The number of hydrogen-bond donors (Lipinski definition) is 2. The number of nitrogens with one attached hydrogen (secondary N) is 2. The Labute approximate surface area is 197 Å². The molecule has 4 rings (SSSR count). The summed E-state index contributed by atoms with van der Waals surface area (Å²) < 4.78 is 16.4. The van der Waals surface area contributed by atoms with Crippen LogP contribution in [0.5, 0.6) is 17.2 Å². The summed E-state index contributed by atoms with van der Waals surface area (Å²) in [6.07, 6.45) is 1.56. The lowest BCUT2D eigenvalue weighted by Crippen LogP contribution is -2.18. The summed E-state index contributed by atoms with van der Waals surface area (Å²) in [4.78, 5) is 12.5. The number of methoxy groups -OCH3 is 2. The zero-order chi connectivity index (χ0) is 23.8. The molecule has 1 heterocycles. The van der Waals surface area contributed by atoms with Gasteiger partial charge in [-0.05, 0) is 66.2 Å². The minimum atomic E-state index is -0.398. The third-order valence-corrected chi connectivity index (χ3v) is 5.03. The van der Waals surface area contributed by atoms with Gasteiger partial charge in [-0.1, -0.05) is 18.2 Å². The van der Waals surface area contributed by atoms with E-state index in [2.05, 4.69) is 20.7 Å². The Morgan fingerprint density at radius 2 is 1.76 bits per heavy atom. The summed E-state index contributed by atoms with van der Waals surface area (Å²) in [6, 6.07) is 24.2. The van der Waals surface area contributed by atoms with E-state index in [1.165, 1.54) is 0 Å². The molecule has 1 amide bonds. The molecule has 0 radical (unpaired) electrons. The quantitative estimate of drug-likeness (QED) is 0.287. The molecule has 3 aromatic carbocycles. The Morgan fingerprint density at radius 1 is 0.971 bits per heavy atom. The second-order valence-corrected chi connectivity index (χ2v) is 7.27. The number of para-hydroxylation sites is 1. The van der Waals surface area contributed by atoms with Crippen molar-refractivity contribution in [3.05, 3.63) is 95.7 Å². The van der Waals surface area contributed by atoms with Gasteiger partial charge in [-0.25, -0.2) is 5.43 Å². The fraction of sp³-hybridized carbons (Fsp3) is 0.115. The highest BCUT2D eigenvalue weighted by Crippen LogP contribution is 2.22. The number of hydrazone groups is 1. The largest absolute Gasteiger partial charge is 0.497 e. The van der Waals surface area contributed by atoms with E-state index in [0.717, 1.165) is 28.2 Å². The van der Waals surface area contributed by atoms with E-state index in [-0.39, 0.29) is 0 Å². The van der Waals surface area contributed by atoms with E-state index in [9.17, 15) is 4.79 Å². The van der Waals surface area contributed by atoms with Gasteiger partial charge in [0, 0.05) is 11.1 Å². The van der Waals surface area contributed by atoms with Gasteiger partial charge in [0.15, 0.2) is 0 Å². The summed E-state index contributed by atoms with van der Waals surface area (Å²) >= 11 is 0. The first-order valence-electron chi connectivity index (χ1n) is 10.5. The molecule has 1 aromatic heterocycles. The summed E-state index contributed by atoms with van der Waals surface area (Å²) in [5, 5.41) is 11.0. The van der Waals surface area contributed by atoms with Gasteiger partial charge in [0.2, 0.25) is 0 Å². The monoisotopic (exact) mass is 456 g/mol. The lowest BCUT2D eigenvalue weighted by atomic mass is 10.1. The molecule has 0 spiro atoms. The molecule has 0 atom stereocenters. The molecule has 0 saturated carbocycles. The summed E-state index contributed by atoms with van der Waals surface area (Å²) in [5.41, 5.74) is 5.97. The predicted molar refractivity (Wildman–Crippen MR) is 129 cm³/mol. The van der Waals surface area contributed by atoms with Gasteiger partial charge in [-0.15, -0.1) is 0 Å². The van der Waals surface area contributed by atoms with Crippen molar-refractivity contribution in [1.29, 1.82) is 0 Å². The van der Waals surface area contributed by atoms with Crippen LogP contribution in [0.2, 0.25) is 0 Å². The van der Waals surface area contributed by atoms with Crippen molar-refractivity contribution in [2.75, 3.05) is 14.2 Å². The van der Waals surface area contributed by atoms with Crippen molar-refractivity contribution in [3.8, 4) is 28.5 Å². The molecular formula is C26H24N4O4. The summed E-state index contributed by atoms with van der Waals surface area (Å²) in [6.45, 7) is 0.337. The molecule has 34 heavy (non-hydrogen) atoms. The number of benzene rings is 3. The number of ether oxygens (including phenoxy) is 3. The fourth-order valence-corrected chi connectivity index (χ4v) is 3.24. The third kappa shape index (κ3) is 5.60. The predicted octanol–water partition coefficient (Wildman–Crippen LogP) is 4.44. The molecule has 0 aliphatic rings. The molecule has 8 nitrogen and oxygen atoms in total. The van der Waals surface area contributed by atoms with Gasteiger partial charge in [-0.2, -0.15) is 10.2 Å².